The van der Waals surface area contributed by atoms with Crippen LogP contribution in [0, 0.1) is 0 Å². The van der Waals surface area contributed by atoms with Crippen molar-refractivity contribution in [2.24, 2.45) is 0 Å². The summed E-state index contributed by atoms with van der Waals surface area (Å²) in [6.45, 7) is 5.55. The molecule has 4 rings (SSSR count). The van der Waals surface area contributed by atoms with Gasteiger partial charge in [0.1, 0.15) is 5.82 Å². The number of nitrogens with one attached hydrogen (secondary N) is 1. The molecule has 0 saturated carbocycles. The zero-order valence-electron chi connectivity index (χ0n) is 16.3. The Hall–Kier alpha value is -2.54. The van der Waals surface area contributed by atoms with Crippen LogP contribution in [-0.2, 0) is 6.54 Å². The first-order valence-electron chi connectivity index (χ1n) is 9.90. The molecule has 1 N–H and O–H groups in total. The number of halogens is 1. The van der Waals surface area contributed by atoms with E-state index in [1.807, 2.05) is 42.7 Å². The van der Waals surface area contributed by atoms with E-state index in [4.69, 9.17) is 11.6 Å². The van der Waals surface area contributed by atoms with Crippen LogP contribution in [0.1, 0.15) is 17.3 Å². The van der Waals surface area contributed by atoms with E-state index < -0.39 is 0 Å². The summed E-state index contributed by atoms with van der Waals surface area (Å²) >= 11 is 6.10. The van der Waals surface area contributed by atoms with Crippen molar-refractivity contribution >= 4 is 17.4 Å². The maximum atomic E-state index is 6.10. The summed E-state index contributed by atoms with van der Waals surface area (Å²) in [7, 11) is 0. The van der Waals surface area contributed by atoms with Crippen LogP contribution in [-0.4, -0.2) is 52.6 Å². The Morgan fingerprint density at radius 1 is 0.931 bits per heavy atom. The molecule has 1 aliphatic rings. The molecule has 0 spiro atoms. The lowest BCUT2D eigenvalue weighted by atomic mass is 10.1. The second kappa shape index (κ2) is 9.78. The van der Waals surface area contributed by atoms with Gasteiger partial charge in [-0.1, -0.05) is 29.8 Å². The average Bonchev–Trinajstić information content (AvgIpc) is 2.79. The van der Waals surface area contributed by atoms with Gasteiger partial charge in [0.15, 0.2) is 0 Å². The number of hydrogen-bond acceptors (Lipinski definition) is 6. The van der Waals surface area contributed by atoms with E-state index in [0.717, 1.165) is 55.8 Å². The number of aromatic nitrogens is 3. The number of rotatable bonds is 7. The summed E-state index contributed by atoms with van der Waals surface area (Å²) in [6.07, 6.45) is 7.13. The summed E-state index contributed by atoms with van der Waals surface area (Å²) in [5.74, 6) is 0.953. The maximum Gasteiger partial charge on any atom is 0.147 e. The zero-order chi connectivity index (χ0) is 19.9. The minimum absolute atomic E-state index is 0.206. The normalized spacial score (nSPS) is 16.0. The average molecular weight is 409 g/mol. The molecule has 1 fully saturated rings. The molecule has 1 unspecified atom stereocenters. The van der Waals surface area contributed by atoms with E-state index >= 15 is 0 Å². The molecule has 2 aromatic heterocycles. The summed E-state index contributed by atoms with van der Waals surface area (Å²) < 4.78 is 0. The van der Waals surface area contributed by atoms with Crippen molar-refractivity contribution < 1.29 is 0 Å². The van der Waals surface area contributed by atoms with E-state index in [-0.39, 0.29) is 6.04 Å². The second-order valence-electron chi connectivity index (χ2n) is 7.16. The Labute approximate surface area is 176 Å². The Balaban J connectivity index is 1.39. The summed E-state index contributed by atoms with van der Waals surface area (Å²) in [5.41, 5.74) is 2.28. The SMILES string of the molecule is Clc1ccc(C(CN2CCN(c3cnccn3)CC2)NCc2ccccn2)cc1. The van der Waals surface area contributed by atoms with Gasteiger partial charge < -0.3 is 10.2 Å². The van der Waals surface area contributed by atoms with Crippen molar-refractivity contribution in [3.8, 4) is 0 Å². The Morgan fingerprint density at radius 2 is 1.76 bits per heavy atom. The lowest BCUT2D eigenvalue weighted by Gasteiger charge is -2.37. The maximum absolute atomic E-state index is 6.10. The molecular weight excluding hydrogens is 384 g/mol. The molecule has 6 nitrogen and oxygen atoms in total. The number of pyridine rings is 1. The van der Waals surface area contributed by atoms with Gasteiger partial charge in [0.25, 0.3) is 0 Å². The first-order chi connectivity index (χ1) is 14.3. The van der Waals surface area contributed by atoms with Gasteiger partial charge >= 0.3 is 0 Å². The number of benzene rings is 1. The smallest absolute Gasteiger partial charge is 0.147 e. The molecule has 0 aliphatic carbocycles. The monoisotopic (exact) mass is 408 g/mol. The third-order valence-corrected chi connectivity index (χ3v) is 5.47. The topological polar surface area (TPSA) is 57.2 Å². The highest BCUT2D eigenvalue weighted by atomic mass is 35.5. The van der Waals surface area contributed by atoms with Crippen molar-refractivity contribution in [2.45, 2.75) is 12.6 Å². The van der Waals surface area contributed by atoms with Gasteiger partial charge in [-0.2, -0.15) is 0 Å². The molecule has 1 aliphatic heterocycles. The van der Waals surface area contributed by atoms with Gasteiger partial charge in [-0.3, -0.25) is 14.9 Å². The predicted octanol–water partition coefficient (Wildman–Crippen LogP) is 3.18. The van der Waals surface area contributed by atoms with Gasteiger partial charge in [-0.05, 0) is 29.8 Å². The van der Waals surface area contributed by atoms with Crippen molar-refractivity contribution in [1.82, 2.24) is 25.2 Å². The largest absolute Gasteiger partial charge is 0.353 e. The molecule has 1 atom stereocenters. The molecule has 1 saturated heterocycles. The quantitative estimate of drug-likeness (QED) is 0.648. The lowest BCUT2D eigenvalue weighted by Crippen LogP contribution is -2.49. The van der Waals surface area contributed by atoms with Crippen LogP contribution in [0.15, 0.2) is 67.3 Å². The van der Waals surface area contributed by atoms with Gasteiger partial charge in [0.05, 0.1) is 11.9 Å². The van der Waals surface area contributed by atoms with E-state index in [2.05, 4.69) is 42.2 Å². The van der Waals surface area contributed by atoms with Crippen LogP contribution in [0.2, 0.25) is 5.02 Å². The molecule has 3 heterocycles. The minimum atomic E-state index is 0.206. The van der Waals surface area contributed by atoms with Crippen molar-refractivity contribution in [1.29, 1.82) is 0 Å². The highest BCUT2D eigenvalue weighted by Crippen LogP contribution is 2.20. The van der Waals surface area contributed by atoms with Gasteiger partial charge in [-0.25, -0.2) is 4.98 Å². The standard InChI is InChI=1S/C22H25ClN6/c23-19-6-4-18(5-7-19)21(27-15-20-3-1-2-8-25-20)17-28-11-13-29(14-12-28)22-16-24-9-10-26-22/h1-10,16,21,27H,11-15,17H2. The molecule has 0 radical (unpaired) electrons. The molecule has 3 aromatic rings. The predicted molar refractivity (Wildman–Crippen MR) is 116 cm³/mol. The van der Waals surface area contributed by atoms with E-state index in [1.165, 1.54) is 5.56 Å². The van der Waals surface area contributed by atoms with E-state index in [0.29, 0.717) is 0 Å². The Kier molecular flexibility index (Phi) is 6.67. The summed E-state index contributed by atoms with van der Waals surface area (Å²) in [6, 6.07) is 14.3. The fourth-order valence-electron chi connectivity index (χ4n) is 3.59. The molecule has 0 bridgehead atoms. The van der Waals surface area contributed by atoms with Gasteiger partial charge in [-0.15, -0.1) is 0 Å². The highest BCUT2D eigenvalue weighted by molar-refractivity contribution is 6.30. The molecule has 0 amide bonds. The highest BCUT2D eigenvalue weighted by Gasteiger charge is 2.22. The minimum Gasteiger partial charge on any atom is -0.353 e. The zero-order valence-corrected chi connectivity index (χ0v) is 17.0. The van der Waals surface area contributed by atoms with Gasteiger partial charge in [0, 0.05) is 68.9 Å². The first kappa shape index (κ1) is 19.8. The fourth-order valence-corrected chi connectivity index (χ4v) is 3.71. The summed E-state index contributed by atoms with van der Waals surface area (Å²) in [5, 5.41) is 4.44. The number of piperazine rings is 1. The Bertz CT molecular complexity index is 867. The fraction of sp³-hybridized carbons (Fsp3) is 0.318. The third kappa shape index (κ3) is 5.50. The van der Waals surface area contributed by atoms with E-state index in [9.17, 15) is 0 Å². The van der Waals surface area contributed by atoms with Crippen LogP contribution >= 0.6 is 11.6 Å². The van der Waals surface area contributed by atoms with Crippen molar-refractivity contribution in [3.63, 3.8) is 0 Å². The molecule has 29 heavy (non-hydrogen) atoms. The van der Waals surface area contributed by atoms with Crippen LogP contribution < -0.4 is 10.2 Å². The molecule has 1 aromatic carbocycles. The number of nitrogens with zero attached hydrogens (tertiary/aromatic N) is 5. The molecule has 7 heteroatoms. The second-order valence-corrected chi connectivity index (χ2v) is 7.59. The van der Waals surface area contributed by atoms with Crippen LogP contribution in [0.5, 0.6) is 0 Å². The third-order valence-electron chi connectivity index (χ3n) is 5.21. The van der Waals surface area contributed by atoms with Crippen LogP contribution in [0.3, 0.4) is 0 Å². The lowest BCUT2D eigenvalue weighted by molar-refractivity contribution is 0.228. The number of hydrogen-bond donors (Lipinski definition) is 1. The first-order valence-corrected chi connectivity index (χ1v) is 10.3. The van der Waals surface area contributed by atoms with Crippen molar-refractivity contribution in [2.75, 3.05) is 37.6 Å². The summed E-state index contributed by atoms with van der Waals surface area (Å²) in [4.78, 5) is 17.8. The Morgan fingerprint density at radius 3 is 2.45 bits per heavy atom. The van der Waals surface area contributed by atoms with Crippen LogP contribution in [0.4, 0.5) is 5.82 Å². The van der Waals surface area contributed by atoms with Crippen molar-refractivity contribution in [3.05, 3.63) is 83.5 Å². The van der Waals surface area contributed by atoms with E-state index in [1.54, 1.807) is 12.4 Å². The number of anilines is 1. The van der Waals surface area contributed by atoms with Crippen LogP contribution in [0.25, 0.3) is 0 Å². The van der Waals surface area contributed by atoms with Gasteiger partial charge in [0.2, 0.25) is 0 Å². The molecule has 150 valence electrons. The molecular formula is C22H25ClN6.